The predicted molar refractivity (Wildman–Crippen MR) is 78.7 cm³/mol. The molecular formula is C15H29NS. The first-order chi connectivity index (χ1) is 7.95. The zero-order valence-corrected chi connectivity index (χ0v) is 12.8. The van der Waals surface area contributed by atoms with Crippen molar-refractivity contribution in [3.05, 3.63) is 0 Å². The Labute approximate surface area is 112 Å². The second kappa shape index (κ2) is 5.13. The van der Waals surface area contributed by atoms with Crippen molar-refractivity contribution in [1.29, 1.82) is 0 Å². The van der Waals surface area contributed by atoms with Crippen molar-refractivity contribution in [2.45, 2.75) is 70.1 Å². The number of hydrogen-bond donors (Lipinski definition) is 1. The molecule has 2 aliphatic carbocycles. The second-order valence-electron chi connectivity index (χ2n) is 7.18. The molecule has 0 saturated heterocycles. The van der Waals surface area contributed by atoms with Crippen molar-refractivity contribution < 1.29 is 0 Å². The summed E-state index contributed by atoms with van der Waals surface area (Å²) in [6, 6.07) is 0.804. The average molecular weight is 255 g/mol. The summed E-state index contributed by atoms with van der Waals surface area (Å²) in [4.78, 5) is 0. The Morgan fingerprint density at radius 2 is 1.71 bits per heavy atom. The van der Waals surface area contributed by atoms with E-state index in [0.29, 0.717) is 10.2 Å². The van der Waals surface area contributed by atoms with Crippen LogP contribution in [-0.2, 0) is 0 Å². The molecule has 100 valence electrons. The van der Waals surface area contributed by atoms with Gasteiger partial charge in [-0.05, 0) is 56.1 Å². The Balaban J connectivity index is 1.69. The largest absolute Gasteiger partial charge is 0.313 e. The number of hydrogen-bond acceptors (Lipinski definition) is 2. The Kier molecular flexibility index (Phi) is 4.14. The minimum absolute atomic E-state index is 0.516. The normalized spacial score (nSPS) is 32.5. The van der Waals surface area contributed by atoms with E-state index in [0.717, 1.165) is 12.0 Å². The molecule has 17 heavy (non-hydrogen) atoms. The molecule has 0 atom stereocenters. The molecule has 0 unspecified atom stereocenters. The molecule has 2 rings (SSSR count). The molecule has 0 radical (unpaired) electrons. The minimum atomic E-state index is 0.516. The quantitative estimate of drug-likeness (QED) is 0.812. The van der Waals surface area contributed by atoms with Crippen LogP contribution in [0.2, 0.25) is 0 Å². The van der Waals surface area contributed by atoms with E-state index in [1.165, 1.54) is 45.1 Å². The molecule has 0 amide bonds. The van der Waals surface area contributed by atoms with Gasteiger partial charge >= 0.3 is 0 Å². The van der Waals surface area contributed by atoms with Crippen molar-refractivity contribution in [2.75, 3.05) is 12.8 Å². The minimum Gasteiger partial charge on any atom is -0.313 e. The third kappa shape index (κ3) is 3.64. The van der Waals surface area contributed by atoms with Gasteiger partial charge in [-0.25, -0.2) is 0 Å². The van der Waals surface area contributed by atoms with Crippen LogP contribution in [0, 0.1) is 11.3 Å². The first kappa shape index (κ1) is 13.7. The van der Waals surface area contributed by atoms with Crippen LogP contribution in [0.3, 0.4) is 0 Å². The Morgan fingerprint density at radius 1 is 1.12 bits per heavy atom. The van der Waals surface area contributed by atoms with Gasteiger partial charge in [0.1, 0.15) is 0 Å². The first-order valence-corrected chi connectivity index (χ1v) is 8.46. The van der Waals surface area contributed by atoms with Crippen LogP contribution >= 0.6 is 11.8 Å². The highest BCUT2D eigenvalue weighted by molar-refractivity contribution is 8.00. The fourth-order valence-corrected chi connectivity index (χ4v) is 3.82. The van der Waals surface area contributed by atoms with Crippen LogP contribution in [0.1, 0.15) is 59.3 Å². The van der Waals surface area contributed by atoms with E-state index < -0.39 is 0 Å². The first-order valence-electron chi connectivity index (χ1n) is 7.24. The highest BCUT2D eigenvalue weighted by Gasteiger charge is 2.42. The lowest BCUT2D eigenvalue weighted by atomic mass is 9.71. The van der Waals surface area contributed by atoms with Crippen LogP contribution in [-0.4, -0.2) is 23.6 Å². The molecule has 0 heterocycles. The van der Waals surface area contributed by atoms with Gasteiger partial charge in [0.25, 0.3) is 0 Å². The molecule has 2 aliphatic rings. The summed E-state index contributed by atoms with van der Waals surface area (Å²) in [5.74, 6) is 0.941. The van der Waals surface area contributed by atoms with Crippen LogP contribution in [0.25, 0.3) is 0 Å². The molecule has 2 fully saturated rings. The van der Waals surface area contributed by atoms with E-state index in [1.54, 1.807) is 0 Å². The second-order valence-corrected chi connectivity index (χ2v) is 8.46. The van der Waals surface area contributed by atoms with Gasteiger partial charge in [-0.15, -0.1) is 0 Å². The number of thioether (sulfide) groups is 1. The van der Waals surface area contributed by atoms with Gasteiger partial charge in [0.05, 0.1) is 0 Å². The van der Waals surface area contributed by atoms with E-state index in [9.17, 15) is 0 Å². The summed E-state index contributed by atoms with van der Waals surface area (Å²) >= 11 is 2.07. The molecule has 1 nitrogen and oxygen atoms in total. The van der Waals surface area contributed by atoms with Crippen molar-refractivity contribution in [3.8, 4) is 0 Å². The molecule has 0 bridgehead atoms. The molecule has 0 aromatic rings. The molecule has 2 saturated carbocycles. The maximum Gasteiger partial charge on any atom is 0.0282 e. The topological polar surface area (TPSA) is 12.0 Å². The van der Waals surface area contributed by atoms with Crippen LogP contribution in [0.4, 0.5) is 0 Å². The zero-order valence-electron chi connectivity index (χ0n) is 12.0. The molecule has 2 heteroatoms. The van der Waals surface area contributed by atoms with Gasteiger partial charge in [-0.2, -0.15) is 11.8 Å². The van der Waals surface area contributed by atoms with Crippen molar-refractivity contribution in [2.24, 2.45) is 11.3 Å². The average Bonchev–Trinajstić information content (AvgIpc) is 3.06. The van der Waals surface area contributed by atoms with E-state index >= 15 is 0 Å². The highest BCUT2D eigenvalue weighted by Crippen LogP contribution is 2.47. The van der Waals surface area contributed by atoms with E-state index in [2.05, 4.69) is 44.1 Å². The van der Waals surface area contributed by atoms with Crippen LogP contribution < -0.4 is 5.32 Å². The van der Waals surface area contributed by atoms with Gasteiger partial charge in [0, 0.05) is 17.3 Å². The third-order valence-corrected chi connectivity index (χ3v) is 6.32. The molecular weight excluding hydrogens is 226 g/mol. The lowest BCUT2D eigenvalue weighted by Gasteiger charge is -2.37. The van der Waals surface area contributed by atoms with E-state index in [-0.39, 0.29) is 0 Å². The molecule has 0 aromatic heterocycles. The maximum absolute atomic E-state index is 3.83. The Bertz CT molecular complexity index is 244. The van der Waals surface area contributed by atoms with Gasteiger partial charge < -0.3 is 5.32 Å². The van der Waals surface area contributed by atoms with Gasteiger partial charge in [0.2, 0.25) is 0 Å². The number of rotatable bonds is 4. The highest BCUT2D eigenvalue weighted by atomic mass is 32.2. The smallest absolute Gasteiger partial charge is 0.0282 e. The number of nitrogens with one attached hydrogen (secondary N) is 1. The van der Waals surface area contributed by atoms with E-state index in [1.807, 2.05) is 0 Å². The third-order valence-electron chi connectivity index (χ3n) is 4.91. The zero-order chi connectivity index (χ0) is 12.5. The lowest BCUT2D eigenvalue weighted by molar-refractivity contribution is 0.160. The van der Waals surface area contributed by atoms with Crippen molar-refractivity contribution in [3.63, 3.8) is 0 Å². The van der Waals surface area contributed by atoms with Crippen LogP contribution in [0.15, 0.2) is 0 Å². The Morgan fingerprint density at radius 3 is 2.12 bits per heavy atom. The fraction of sp³-hybridized carbons (Fsp3) is 1.00. The molecule has 1 N–H and O–H groups in total. The van der Waals surface area contributed by atoms with Crippen molar-refractivity contribution >= 4 is 11.8 Å². The summed E-state index contributed by atoms with van der Waals surface area (Å²) in [5.41, 5.74) is 0.516. The van der Waals surface area contributed by atoms with Crippen molar-refractivity contribution in [1.82, 2.24) is 5.32 Å². The summed E-state index contributed by atoms with van der Waals surface area (Å²) in [7, 11) is 0. The summed E-state index contributed by atoms with van der Waals surface area (Å²) in [6.07, 6.45) is 10.8. The summed E-state index contributed by atoms with van der Waals surface area (Å²) in [6.45, 7) is 8.45. The molecule has 0 aliphatic heterocycles. The standard InChI is InChI=1S/C15H29NS/c1-14(2,3)12-5-7-13(8-6-12)16-11-15(17-4)9-10-15/h12-13,16H,5-11H2,1-4H3. The lowest BCUT2D eigenvalue weighted by Crippen LogP contribution is -2.39. The molecule has 0 aromatic carbocycles. The maximum atomic E-state index is 3.83. The van der Waals surface area contributed by atoms with Gasteiger partial charge in [-0.1, -0.05) is 20.8 Å². The van der Waals surface area contributed by atoms with E-state index in [4.69, 9.17) is 0 Å². The monoisotopic (exact) mass is 255 g/mol. The van der Waals surface area contributed by atoms with Crippen LogP contribution in [0.5, 0.6) is 0 Å². The summed E-state index contributed by atoms with van der Waals surface area (Å²) in [5, 5.41) is 3.83. The SMILES string of the molecule is CSC1(CNC2CCC(C(C)(C)C)CC2)CC1. The summed E-state index contributed by atoms with van der Waals surface area (Å²) < 4.78 is 0.626. The van der Waals surface area contributed by atoms with Gasteiger partial charge in [0.15, 0.2) is 0 Å². The van der Waals surface area contributed by atoms with Gasteiger partial charge in [-0.3, -0.25) is 0 Å². The molecule has 0 spiro atoms. The predicted octanol–water partition coefficient (Wildman–Crippen LogP) is 4.08. The fourth-order valence-electron chi connectivity index (χ4n) is 3.09. The Hall–Kier alpha value is 0.310.